The van der Waals surface area contributed by atoms with Gasteiger partial charge in [0.25, 0.3) is 11.8 Å². The number of phenolic OH excluding ortho intramolecular Hbond substituents is 1. The van der Waals surface area contributed by atoms with Crippen LogP contribution in [-0.4, -0.2) is 27.0 Å². The normalized spacial score (nSPS) is 15.7. The van der Waals surface area contributed by atoms with Crippen LogP contribution in [0.25, 0.3) is 6.08 Å². The van der Waals surface area contributed by atoms with Crippen molar-refractivity contribution in [2.24, 2.45) is 0 Å². The number of nitro groups is 1. The van der Waals surface area contributed by atoms with Crippen molar-refractivity contribution in [3.63, 3.8) is 0 Å². The zero-order valence-electron chi connectivity index (χ0n) is 13.7. The summed E-state index contributed by atoms with van der Waals surface area (Å²) in [7, 11) is 0. The van der Waals surface area contributed by atoms with Gasteiger partial charge in [-0.15, -0.1) is 0 Å². The molecule has 1 heterocycles. The summed E-state index contributed by atoms with van der Waals surface area (Å²) in [6.45, 7) is 0. The van der Waals surface area contributed by atoms with Gasteiger partial charge in [0.2, 0.25) is 5.75 Å². The Hall–Kier alpha value is -2.57. The number of nitro benzene ring substituents is 1. The first-order chi connectivity index (χ1) is 13.2. The molecular formula is C17H9ClIN3O5S. The van der Waals surface area contributed by atoms with Gasteiger partial charge in [-0.2, -0.15) is 0 Å². The fourth-order valence-corrected chi connectivity index (χ4v) is 3.60. The monoisotopic (exact) mass is 529 g/mol. The maximum Gasteiger partial charge on any atom is 0.312 e. The number of carbonyl (C=O) groups is 2. The fraction of sp³-hybridized carbons (Fsp3) is 0. The van der Waals surface area contributed by atoms with Crippen LogP contribution in [0.5, 0.6) is 5.75 Å². The molecule has 142 valence electrons. The van der Waals surface area contributed by atoms with E-state index < -0.39 is 28.2 Å². The van der Waals surface area contributed by atoms with Crippen LogP contribution in [-0.2, 0) is 9.59 Å². The first-order valence-corrected chi connectivity index (χ1v) is 9.39. The molecule has 2 N–H and O–H groups in total. The van der Waals surface area contributed by atoms with Gasteiger partial charge < -0.3 is 5.11 Å². The van der Waals surface area contributed by atoms with Crippen LogP contribution in [0, 0.1) is 13.7 Å². The number of rotatable bonds is 3. The summed E-state index contributed by atoms with van der Waals surface area (Å²) in [6, 6.07) is 8.83. The van der Waals surface area contributed by atoms with Gasteiger partial charge in [-0.1, -0.05) is 17.7 Å². The summed E-state index contributed by atoms with van der Waals surface area (Å²) in [5, 5.41) is 23.6. The molecule has 1 aliphatic rings. The molecule has 2 aromatic rings. The number of aromatic hydroxyl groups is 1. The molecule has 11 heteroatoms. The lowest BCUT2D eigenvalue weighted by Gasteiger charge is -2.29. The highest BCUT2D eigenvalue weighted by Gasteiger charge is 2.34. The van der Waals surface area contributed by atoms with Gasteiger partial charge >= 0.3 is 5.69 Å². The lowest BCUT2D eigenvalue weighted by atomic mass is 10.1. The van der Waals surface area contributed by atoms with E-state index in [9.17, 15) is 24.8 Å². The van der Waals surface area contributed by atoms with Crippen molar-refractivity contribution in [1.82, 2.24) is 5.32 Å². The molecule has 0 unspecified atom stereocenters. The Bertz CT molecular complexity index is 1090. The Kier molecular flexibility index (Phi) is 5.63. The van der Waals surface area contributed by atoms with E-state index in [2.05, 4.69) is 5.32 Å². The van der Waals surface area contributed by atoms with E-state index in [1.54, 1.807) is 40.8 Å². The SMILES string of the molecule is O=C1NC(=S)N(c2cccc(Cl)c2)C(=O)/C1=C/c1cc(I)c(O)c([N+](=O)[O-])c1. The largest absolute Gasteiger partial charge is 0.501 e. The number of nitrogens with one attached hydrogen (secondary N) is 1. The summed E-state index contributed by atoms with van der Waals surface area (Å²) >= 11 is 12.8. The Morgan fingerprint density at radius 1 is 1.29 bits per heavy atom. The number of phenols is 1. The summed E-state index contributed by atoms with van der Waals surface area (Å²) in [5.41, 5.74) is -0.250. The predicted octanol–water partition coefficient (Wildman–Crippen LogP) is 3.39. The van der Waals surface area contributed by atoms with Crippen LogP contribution >= 0.6 is 46.4 Å². The van der Waals surface area contributed by atoms with Crippen LogP contribution in [0.3, 0.4) is 0 Å². The second kappa shape index (κ2) is 7.81. The van der Waals surface area contributed by atoms with Crippen LogP contribution in [0.1, 0.15) is 5.56 Å². The van der Waals surface area contributed by atoms with E-state index in [-0.39, 0.29) is 19.8 Å². The average molecular weight is 530 g/mol. The molecule has 0 radical (unpaired) electrons. The molecule has 0 spiro atoms. The lowest BCUT2D eigenvalue weighted by molar-refractivity contribution is -0.386. The van der Waals surface area contributed by atoms with Gasteiger partial charge in [0.05, 0.1) is 14.2 Å². The third kappa shape index (κ3) is 3.84. The van der Waals surface area contributed by atoms with E-state index >= 15 is 0 Å². The molecule has 0 bridgehead atoms. The second-order valence-corrected chi connectivity index (χ2v) is 7.55. The van der Waals surface area contributed by atoms with E-state index in [4.69, 9.17) is 23.8 Å². The van der Waals surface area contributed by atoms with Gasteiger partial charge in [0.1, 0.15) is 5.57 Å². The first kappa shape index (κ1) is 20.2. The Balaban J connectivity index is 2.08. The third-order valence-electron chi connectivity index (χ3n) is 3.74. The summed E-state index contributed by atoms with van der Waals surface area (Å²) < 4.78 is 0.199. The highest BCUT2D eigenvalue weighted by atomic mass is 127. The number of hydrogen-bond acceptors (Lipinski definition) is 6. The Labute approximate surface area is 182 Å². The van der Waals surface area contributed by atoms with E-state index in [0.29, 0.717) is 10.7 Å². The summed E-state index contributed by atoms with van der Waals surface area (Å²) in [5.74, 6) is -1.94. The zero-order chi connectivity index (χ0) is 20.6. The van der Waals surface area contributed by atoms with Gasteiger partial charge in [0, 0.05) is 11.1 Å². The number of nitrogens with zero attached hydrogens (tertiary/aromatic N) is 2. The molecule has 2 amide bonds. The maximum absolute atomic E-state index is 12.9. The highest BCUT2D eigenvalue weighted by molar-refractivity contribution is 14.1. The molecule has 1 aliphatic heterocycles. The molecule has 1 fully saturated rings. The van der Waals surface area contributed by atoms with Crippen molar-refractivity contribution in [2.45, 2.75) is 0 Å². The minimum atomic E-state index is -0.754. The fourth-order valence-electron chi connectivity index (χ4n) is 2.50. The molecule has 3 rings (SSSR count). The molecule has 1 saturated heterocycles. The van der Waals surface area contributed by atoms with Crippen LogP contribution in [0.4, 0.5) is 11.4 Å². The van der Waals surface area contributed by atoms with Gasteiger partial charge in [-0.3, -0.25) is 29.9 Å². The third-order valence-corrected chi connectivity index (χ3v) is 5.08. The molecule has 0 atom stereocenters. The minimum Gasteiger partial charge on any atom is -0.501 e. The zero-order valence-corrected chi connectivity index (χ0v) is 17.4. The minimum absolute atomic E-state index is 0.110. The average Bonchev–Trinajstić information content (AvgIpc) is 2.61. The molecule has 28 heavy (non-hydrogen) atoms. The number of benzene rings is 2. The van der Waals surface area contributed by atoms with Gasteiger partial charge in [-0.25, -0.2) is 0 Å². The van der Waals surface area contributed by atoms with E-state index in [1.165, 1.54) is 18.2 Å². The van der Waals surface area contributed by atoms with Crippen LogP contribution in [0.15, 0.2) is 42.0 Å². The smallest absolute Gasteiger partial charge is 0.312 e. The molecule has 8 nitrogen and oxygen atoms in total. The summed E-state index contributed by atoms with van der Waals surface area (Å²) in [4.78, 5) is 36.7. The topological polar surface area (TPSA) is 113 Å². The maximum atomic E-state index is 12.9. The number of halogens is 2. The first-order valence-electron chi connectivity index (χ1n) is 7.53. The van der Waals surface area contributed by atoms with Crippen molar-refractivity contribution in [2.75, 3.05) is 4.90 Å². The Morgan fingerprint density at radius 2 is 2.00 bits per heavy atom. The Morgan fingerprint density at radius 3 is 2.64 bits per heavy atom. The number of anilines is 1. The van der Waals surface area contributed by atoms with Crippen molar-refractivity contribution in [1.29, 1.82) is 0 Å². The predicted molar refractivity (Wildman–Crippen MR) is 115 cm³/mol. The molecule has 0 aliphatic carbocycles. The van der Waals surface area contributed by atoms with Gasteiger partial charge in [-0.05, 0) is 70.7 Å². The standard InChI is InChI=1S/C17H9ClIN3O5S/c18-9-2-1-3-10(7-9)21-16(25)11(15(24)20-17(21)28)4-8-5-12(19)14(23)13(6-8)22(26)27/h1-7,23H,(H,20,24,28)/b11-4+. The van der Waals surface area contributed by atoms with Crippen molar-refractivity contribution in [3.05, 3.63) is 66.2 Å². The molecule has 0 saturated carbocycles. The lowest BCUT2D eigenvalue weighted by Crippen LogP contribution is -2.54. The molecular weight excluding hydrogens is 521 g/mol. The van der Waals surface area contributed by atoms with E-state index in [0.717, 1.165) is 11.0 Å². The quantitative estimate of drug-likeness (QED) is 0.157. The molecule has 0 aromatic heterocycles. The number of amides is 2. The highest BCUT2D eigenvalue weighted by Crippen LogP contribution is 2.33. The van der Waals surface area contributed by atoms with Crippen molar-refractivity contribution >= 4 is 80.8 Å². The van der Waals surface area contributed by atoms with Gasteiger partial charge in [0.15, 0.2) is 5.11 Å². The number of carbonyl (C=O) groups excluding carboxylic acids is 2. The van der Waals surface area contributed by atoms with Crippen molar-refractivity contribution < 1.29 is 19.6 Å². The molecule has 2 aromatic carbocycles. The number of hydrogen-bond donors (Lipinski definition) is 2. The van der Waals surface area contributed by atoms with Crippen molar-refractivity contribution in [3.8, 4) is 5.75 Å². The van der Waals surface area contributed by atoms with Crippen LogP contribution in [0.2, 0.25) is 5.02 Å². The van der Waals surface area contributed by atoms with Crippen LogP contribution < -0.4 is 10.2 Å². The number of thiocarbonyl (C=S) groups is 1. The van der Waals surface area contributed by atoms with E-state index in [1.807, 2.05) is 0 Å². The summed E-state index contributed by atoms with van der Waals surface area (Å²) in [6.07, 6.45) is 1.20. The second-order valence-electron chi connectivity index (χ2n) is 5.57.